The van der Waals surface area contributed by atoms with Gasteiger partial charge in [0.25, 0.3) is 0 Å². The second-order valence-corrected chi connectivity index (χ2v) is 11.2. The van der Waals surface area contributed by atoms with Gasteiger partial charge in [0.1, 0.15) is 0 Å². The van der Waals surface area contributed by atoms with Gasteiger partial charge in [-0.05, 0) is 97.0 Å². The van der Waals surface area contributed by atoms with E-state index in [4.69, 9.17) is 0 Å². The maximum atomic E-state index is 11.9. The summed E-state index contributed by atoms with van der Waals surface area (Å²) < 4.78 is 0. The lowest BCUT2D eigenvalue weighted by Crippen LogP contribution is -2.61. The lowest BCUT2D eigenvalue weighted by atomic mass is 9.47. The molecule has 0 radical (unpaired) electrons. The number of nitrogens with one attached hydrogen (secondary N) is 1. The minimum atomic E-state index is 0.288. The number of hydrogen-bond acceptors (Lipinski definition) is 2. The fourth-order valence-electron chi connectivity index (χ4n) is 7.66. The molecule has 146 valence electrons. The number of piperidine rings is 1. The van der Waals surface area contributed by atoms with Gasteiger partial charge in [0, 0.05) is 17.3 Å². The molecule has 27 heavy (non-hydrogen) atoms. The van der Waals surface area contributed by atoms with E-state index >= 15 is 0 Å². The Kier molecular flexibility index (Phi) is 4.31. The molecule has 4 aliphatic rings. The average molecular weight is 384 g/mol. The second kappa shape index (κ2) is 6.47. The molecule has 4 fully saturated rings. The largest absolute Gasteiger partial charge is 0.353 e. The molecular formula is C24H33NOS. The third-order valence-electron chi connectivity index (χ3n) is 9.20. The summed E-state index contributed by atoms with van der Waals surface area (Å²) in [6.07, 6.45) is 14.8. The van der Waals surface area contributed by atoms with Crippen LogP contribution in [-0.2, 0) is 4.79 Å². The topological polar surface area (TPSA) is 29.1 Å². The monoisotopic (exact) mass is 383 g/mol. The maximum absolute atomic E-state index is 11.9. The van der Waals surface area contributed by atoms with Gasteiger partial charge in [-0.2, -0.15) is 0 Å². The van der Waals surface area contributed by atoms with Crippen molar-refractivity contribution in [2.24, 2.45) is 34.5 Å². The van der Waals surface area contributed by atoms with Crippen LogP contribution in [0.15, 0.2) is 23.6 Å². The predicted molar refractivity (Wildman–Crippen MR) is 112 cm³/mol. The molecule has 1 amide bonds. The molecule has 1 aromatic rings. The van der Waals surface area contributed by atoms with E-state index in [2.05, 4.69) is 48.8 Å². The highest BCUT2D eigenvalue weighted by Crippen LogP contribution is 2.65. The van der Waals surface area contributed by atoms with E-state index in [9.17, 15) is 4.79 Å². The molecule has 3 saturated carbocycles. The quantitative estimate of drug-likeness (QED) is 0.677. The van der Waals surface area contributed by atoms with Crippen molar-refractivity contribution in [1.82, 2.24) is 5.32 Å². The van der Waals surface area contributed by atoms with Crippen molar-refractivity contribution in [1.29, 1.82) is 0 Å². The number of carbonyl (C=O) groups excluding carboxylic acids is 1. The van der Waals surface area contributed by atoms with Crippen molar-refractivity contribution in [3.63, 3.8) is 0 Å². The zero-order valence-electron chi connectivity index (χ0n) is 16.7. The standard InChI is InChI=1S/C24H33NOS/c1-23-13-11-20-18(8-10-21-24(20,2)14-12-22(26)25-21)19(23)9-6-16(23)5-7-17-4-3-15-27-17/h3-5,7,15-16,18-21H,6,8-14H2,1-2H3,(H,25,26)/b7-5+/t16-,18-,19-,20-,21+,23+,24+/m0/s1. The van der Waals surface area contributed by atoms with Crippen LogP contribution in [0.4, 0.5) is 0 Å². The first-order chi connectivity index (χ1) is 13.0. The molecule has 0 unspecified atom stereocenters. The van der Waals surface area contributed by atoms with Crippen LogP contribution in [0.3, 0.4) is 0 Å². The van der Waals surface area contributed by atoms with E-state index < -0.39 is 0 Å². The molecule has 2 heterocycles. The van der Waals surface area contributed by atoms with Crippen molar-refractivity contribution >= 4 is 23.3 Å². The number of amides is 1. The van der Waals surface area contributed by atoms with Crippen LogP contribution in [0, 0.1) is 34.5 Å². The molecule has 5 rings (SSSR count). The summed E-state index contributed by atoms with van der Waals surface area (Å²) in [5.74, 6) is 3.60. The first-order valence-electron chi connectivity index (χ1n) is 11.0. The molecule has 1 aliphatic heterocycles. The normalized spacial score (nSPS) is 46.6. The number of allylic oxidation sites excluding steroid dienone is 1. The Bertz CT molecular complexity index is 740. The molecule has 0 spiro atoms. The molecule has 0 aromatic carbocycles. The van der Waals surface area contributed by atoms with Crippen molar-refractivity contribution < 1.29 is 4.79 Å². The van der Waals surface area contributed by atoms with Crippen LogP contribution in [0.25, 0.3) is 6.08 Å². The lowest BCUT2D eigenvalue weighted by Gasteiger charge is -2.60. The van der Waals surface area contributed by atoms with Crippen molar-refractivity contribution in [3.8, 4) is 0 Å². The van der Waals surface area contributed by atoms with E-state index in [0.29, 0.717) is 16.9 Å². The van der Waals surface area contributed by atoms with Gasteiger partial charge in [0.05, 0.1) is 0 Å². The zero-order chi connectivity index (χ0) is 18.6. The van der Waals surface area contributed by atoms with E-state index in [1.165, 1.54) is 43.4 Å². The van der Waals surface area contributed by atoms with Gasteiger partial charge in [-0.15, -0.1) is 11.3 Å². The number of thiophene rings is 1. The molecule has 0 bridgehead atoms. The van der Waals surface area contributed by atoms with E-state index in [0.717, 1.165) is 36.5 Å². The smallest absolute Gasteiger partial charge is 0.220 e. The van der Waals surface area contributed by atoms with E-state index in [1.54, 1.807) is 0 Å². The Labute approximate surface area is 167 Å². The molecular weight excluding hydrogens is 350 g/mol. The highest BCUT2D eigenvalue weighted by atomic mass is 32.1. The summed E-state index contributed by atoms with van der Waals surface area (Å²) in [7, 11) is 0. The van der Waals surface area contributed by atoms with Crippen molar-refractivity contribution in [2.45, 2.75) is 71.3 Å². The molecule has 2 nitrogen and oxygen atoms in total. The van der Waals surface area contributed by atoms with Gasteiger partial charge in [-0.1, -0.05) is 26.0 Å². The third kappa shape index (κ3) is 2.75. The average Bonchev–Trinajstić information content (AvgIpc) is 3.28. The Morgan fingerprint density at radius 1 is 1.07 bits per heavy atom. The Balaban J connectivity index is 1.38. The maximum Gasteiger partial charge on any atom is 0.220 e. The Morgan fingerprint density at radius 2 is 1.93 bits per heavy atom. The number of carbonyl (C=O) groups is 1. The summed E-state index contributed by atoms with van der Waals surface area (Å²) in [5.41, 5.74) is 0.819. The summed E-state index contributed by atoms with van der Waals surface area (Å²) in [6, 6.07) is 4.81. The van der Waals surface area contributed by atoms with Crippen LogP contribution in [0.5, 0.6) is 0 Å². The van der Waals surface area contributed by atoms with E-state index in [1.807, 2.05) is 11.3 Å². The molecule has 1 aromatic heterocycles. The number of fused-ring (bicyclic) bond motifs is 5. The van der Waals surface area contributed by atoms with Crippen LogP contribution < -0.4 is 5.32 Å². The first-order valence-corrected chi connectivity index (χ1v) is 11.9. The van der Waals surface area contributed by atoms with Gasteiger partial charge in [-0.3, -0.25) is 4.79 Å². The summed E-state index contributed by atoms with van der Waals surface area (Å²) in [4.78, 5) is 13.3. The van der Waals surface area contributed by atoms with Gasteiger partial charge < -0.3 is 5.32 Å². The van der Waals surface area contributed by atoms with Gasteiger partial charge in [0.15, 0.2) is 0 Å². The second-order valence-electron chi connectivity index (χ2n) is 10.2. The third-order valence-corrected chi connectivity index (χ3v) is 10.0. The van der Waals surface area contributed by atoms with Gasteiger partial charge >= 0.3 is 0 Å². The van der Waals surface area contributed by atoms with Crippen LogP contribution in [-0.4, -0.2) is 11.9 Å². The fraction of sp³-hybridized carbons (Fsp3) is 0.708. The van der Waals surface area contributed by atoms with Gasteiger partial charge in [0.2, 0.25) is 5.91 Å². The molecule has 3 aliphatic carbocycles. The predicted octanol–water partition coefficient (Wildman–Crippen LogP) is 5.90. The summed E-state index contributed by atoms with van der Waals surface area (Å²) in [5, 5.41) is 5.53. The molecule has 7 atom stereocenters. The first kappa shape index (κ1) is 18.0. The summed E-state index contributed by atoms with van der Waals surface area (Å²) >= 11 is 1.84. The van der Waals surface area contributed by atoms with Crippen LogP contribution >= 0.6 is 11.3 Å². The van der Waals surface area contributed by atoms with Crippen LogP contribution in [0.2, 0.25) is 0 Å². The van der Waals surface area contributed by atoms with Gasteiger partial charge in [-0.25, -0.2) is 0 Å². The number of hydrogen-bond donors (Lipinski definition) is 1. The molecule has 3 heteroatoms. The Hall–Kier alpha value is -1.09. The SMILES string of the molecule is C[C@]12CCC(=O)N[C@@H]1CC[C@@H]1[C@@H]2CC[C@]2(C)[C@@H](/C=C/c3cccs3)CC[C@@H]12. The zero-order valence-corrected chi connectivity index (χ0v) is 17.6. The Morgan fingerprint density at radius 3 is 2.74 bits per heavy atom. The lowest BCUT2D eigenvalue weighted by molar-refractivity contribution is -0.136. The van der Waals surface area contributed by atoms with E-state index in [-0.39, 0.29) is 5.91 Å². The van der Waals surface area contributed by atoms with Crippen molar-refractivity contribution in [3.05, 3.63) is 28.5 Å². The highest BCUT2D eigenvalue weighted by molar-refractivity contribution is 7.10. The fourth-order valence-corrected chi connectivity index (χ4v) is 8.28. The molecule has 1 N–H and O–H groups in total. The minimum Gasteiger partial charge on any atom is -0.353 e. The van der Waals surface area contributed by atoms with Crippen molar-refractivity contribution in [2.75, 3.05) is 0 Å². The molecule has 1 saturated heterocycles. The summed E-state index contributed by atoms with van der Waals surface area (Å²) in [6.45, 7) is 5.10. The number of rotatable bonds is 2. The highest BCUT2D eigenvalue weighted by Gasteiger charge is 2.59. The minimum absolute atomic E-state index is 0.288. The van der Waals surface area contributed by atoms with Crippen LogP contribution in [0.1, 0.15) is 70.1 Å².